The Balaban J connectivity index is 2.21. The molecule has 0 atom stereocenters. The number of hydrogen-bond acceptors (Lipinski definition) is 3. The van der Waals surface area contributed by atoms with Crippen LogP contribution in [0.2, 0.25) is 0 Å². The average molecular weight is 368 g/mol. The Morgan fingerprint density at radius 1 is 1.43 bits per heavy atom. The summed E-state index contributed by atoms with van der Waals surface area (Å²) >= 11 is 8.07. The van der Waals surface area contributed by atoms with Crippen molar-refractivity contribution in [2.75, 3.05) is 5.32 Å². The highest BCUT2D eigenvalue weighted by atomic mass is 79.9. The number of halogens is 2. The van der Waals surface area contributed by atoms with Crippen LogP contribution in [0.15, 0.2) is 34.9 Å². The first-order chi connectivity index (χ1) is 10.0. The zero-order valence-corrected chi connectivity index (χ0v) is 13.9. The van der Waals surface area contributed by atoms with E-state index in [9.17, 15) is 4.39 Å². The van der Waals surface area contributed by atoms with Crippen molar-refractivity contribution < 1.29 is 4.39 Å². The van der Waals surface area contributed by atoms with Gasteiger partial charge in [-0.15, -0.1) is 0 Å². The van der Waals surface area contributed by atoms with Gasteiger partial charge in [-0.1, -0.05) is 25.2 Å². The molecule has 0 bridgehead atoms. The molecule has 2 rings (SSSR count). The molecular formula is C15H15BrFN3S. The largest absolute Gasteiger partial charge is 0.389 e. The molecule has 0 fully saturated rings. The van der Waals surface area contributed by atoms with Crippen LogP contribution in [0.5, 0.6) is 0 Å². The van der Waals surface area contributed by atoms with Gasteiger partial charge < -0.3 is 11.1 Å². The Hall–Kier alpha value is -1.53. The van der Waals surface area contributed by atoms with E-state index in [1.165, 1.54) is 0 Å². The summed E-state index contributed by atoms with van der Waals surface area (Å²) in [6.45, 7) is 2.52. The van der Waals surface area contributed by atoms with Crippen molar-refractivity contribution >= 4 is 38.8 Å². The zero-order valence-electron chi connectivity index (χ0n) is 11.5. The number of aryl methyl sites for hydroxylation is 1. The quantitative estimate of drug-likeness (QED) is 0.789. The molecule has 1 heterocycles. The molecule has 0 aliphatic heterocycles. The maximum atomic E-state index is 14.3. The van der Waals surface area contributed by atoms with Gasteiger partial charge in [-0.3, -0.25) is 4.98 Å². The Morgan fingerprint density at radius 3 is 2.86 bits per heavy atom. The zero-order chi connectivity index (χ0) is 15.4. The molecule has 0 radical (unpaired) electrons. The van der Waals surface area contributed by atoms with Crippen molar-refractivity contribution in [1.82, 2.24) is 4.98 Å². The second kappa shape index (κ2) is 6.95. The van der Waals surface area contributed by atoms with Gasteiger partial charge in [-0.05, 0) is 46.1 Å². The van der Waals surface area contributed by atoms with Crippen molar-refractivity contribution in [2.24, 2.45) is 5.73 Å². The van der Waals surface area contributed by atoms with Crippen LogP contribution in [0, 0.1) is 5.82 Å². The summed E-state index contributed by atoms with van der Waals surface area (Å²) in [7, 11) is 0. The summed E-state index contributed by atoms with van der Waals surface area (Å²) in [5.41, 5.74) is 8.46. The van der Waals surface area contributed by atoms with Crippen LogP contribution in [-0.4, -0.2) is 9.97 Å². The minimum atomic E-state index is -0.408. The molecule has 0 aliphatic rings. The molecule has 110 valence electrons. The molecule has 1 aromatic heterocycles. The first kappa shape index (κ1) is 15.9. The van der Waals surface area contributed by atoms with Crippen molar-refractivity contribution in [2.45, 2.75) is 19.9 Å². The number of nitrogens with zero attached hydrogens (tertiary/aromatic N) is 1. The van der Waals surface area contributed by atoms with Crippen LogP contribution >= 0.6 is 28.1 Å². The van der Waals surface area contributed by atoms with Crippen LogP contribution in [0.1, 0.15) is 23.7 Å². The monoisotopic (exact) mass is 367 g/mol. The number of benzene rings is 1. The van der Waals surface area contributed by atoms with E-state index in [4.69, 9.17) is 18.0 Å². The van der Waals surface area contributed by atoms with Crippen LogP contribution in [0.3, 0.4) is 0 Å². The SMILES string of the molecule is CCc1cccnc1CNc1ccc(C(N)=S)c(Br)c1F. The molecule has 6 heteroatoms. The Kier molecular flexibility index (Phi) is 5.25. The van der Waals surface area contributed by atoms with Crippen LogP contribution in [-0.2, 0) is 13.0 Å². The number of nitrogens with two attached hydrogens (primary N) is 1. The second-order valence-corrected chi connectivity index (χ2v) is 5.70. The molecule has 2 aromatic rings. The number of thiocarbonyl (C=S) groups is 1. The summed E-state index contributed by atoms with van der Waals surface area (Å²) in [6.07, 6.45) is 2.62. The molecule has 21 heavy (non-hydrogen) atoms. The van der Waals surface area contributed by atoms with E-state index in [-0.39, 0.29) is 9.46 Å². The van der Waals surface area contributed by atoms with Gasteiger partial charge in [0.15, 0.2) is 5.82 Å². The molecule has 3 N–H and O–H groups in total. The number of anilines is 1. The fraction of sp³-hybridized carbons (Fsp3) is 0.200. The highest BCUT2D eigenvalue weighted by molar-refractivity contribution is 9.10. The molecule has 0 unspecified atom stereocenters. The lowest BCUT2D eigenvalue weighted by atomic mass is 10.1. The fourth-order valence-electron chi connectivity index (χ4n) is 2.01. The predicted molar refractivity (Wildman–Crippen MR) is 90.9 cm³/mol. The maximum Gasteiger partial charge on any atom is 0.161 e. The third kappa shape index (κ3) is 3.57. The standard InChI is InChI=1S/C15H15BrFN3S/c1-2-9-4-3-7-19-12(9)8-20-11-6-5-10(15(18)21)13(16)14(11)17/h3-7,20H,2,8H2,1H3,(H2,18,21). The topological polar surface area (TPSA) is 50.9 Å². The van der Waals surface area contributed by atoms with Crippen molar-refractivity contribution in [3.63, 3.8) is 0 Å². The lowest BCUT2D eigenvalue weighted by Crippen LogP contribution is -2.12. The van der Waals surface area contributed by atoms with E-state index in [0.717, 1.165) is 17.7 Å². The van der Waals surface area contributed by atoms with Gasteiger partial charge in [-0.25, -0.2) is 4.39 Å². The van der Waals surface area contributed by atoms with E-state index in [1.807, 2.05) is 12.1 Å². The van der Waals surface area contributed by atoms with Gasteiger partial charge in [0.05, 0.1) is 22.4 Å². The number of aromatic nitrogens is 1. The van der Waals surface area contributed by atoms with Crippen LogP contribution < -0.4 is 11.1 Å². The molecule has 0 aliphatic carbocycles. The van der Waals surface area contributed by atoms with Crippen LogP contribution in [0.25, 0.3) is 0 Å². The van der Waals surface area contributed by atoms with Crippen molar-refractivity contribution in [1.29, 1.82) is 0 Å². The van der Waals surface area contributed by atoms with E-state index in [0.29, 0.717) is 17.8 Å². The average Bonchev–Trinajstić information content (AvgIpc) is 2.48. The number of nitrogens with one attached hydrogen (secondary N) is 1. The van der Waals surface area contributed by atoms with Gasteiger partial charge in [0.2, 0.25) is 0 Å². The third-order valence-corrected chi connectivity index (χ3v) is 4.15. The molecule has 0 amide bonds. The molecule has 0 saturated carbocycles. The van der Waals surface area contributed by atoms with Gasteiger partial charge in [0.25, 0.3) is 0 Å². The molecule has 1 aromatic carbocycles. The molecule has 0 spiro atoms. The smallest absolute Gasteiger partial charge is 0.161 e. The van der Waals surface area contributed by atoms with E-state index >= 15 is 0 Å². The first-order valence-electron chi connectivity index (χ1n) is 6.49. The van der Waals surface area contributed by atoms with Crippen molar-refractivity contribution in [3.05, 3.63) is 57.6 Å². The predicted octanol–water partition coefficient (Wildman–Crippen LogP) is 3.79. The van der Waals surface area contributed by atoms with Gasteiger partial charge in [0.1, 0.15) is 4.99 Å². The summed E-state index contributed by atoms with van der Waals surface area (Å²) in [5, 5.41) is 3.06. The van der Waals surface area contributed by atoms with E-state index in [1.54, 1.807) is 18.3 Å². The lowest BCUT2D eigenvalue weighted by Gasteiger charge is -2.12. The minimum absolute atomic E-state index is 0.158. The number of rotatable bonds is 5. The van der Waals surface area contributed by atoms with Gasteiger partial charge >= 0.3 is 0 Å². The molecular weight excluding hydrogens is 353 g/mol. The second-order valence-electron chi connectivity index (χ2n) is 4.47. The van der Waals surface area contributed by atoms with E-state index in [2.05, 4.69) is 33.2 Å². The lowest BCUT2D eigenvalue weighted by molar-refractivity contribution is 0.623. The Labute approximate surface area is 136 Å². The summed E-state index contributed by atoms with van der Waals surface area (Å²) < 4.78 is 14.5. The minimum Gasteiger partial charge on any atom is -0.389 e. The molecule has 0 saturated heterocycles. The molecule has 3 nitrogen and oxygen atoms in total. The van der Waals surface area contributed by atoms with Crippen LogP contribution in [0.4, 0.5) is 10.1 Å². The third-order valence-electron chi connectivity index (χ3n) is 3.16. The van der Waals surface area contributed by atoms with E-state index < -0.39 is 5.82 Å². The Bertz CT molecular complexity index is 676. The Morgan fingerprint density at radius 2 is 2.19 bits per heavy atom. The van der Waals surface area contributed by atoms with Gasteiger partial charge in [-0.2, -0.15) is 0 Å². The fourth-order valence-corrected chi connectivity index (χ4v) is 2.87. The highest BCUT2D eigenvalue weighted by Crippen LogP contribution is 2.27. The number of pyridine rings is 1. The maximum absolute atomic E-state index is 14.3. The first-order valence-corrected chi connectivity index (χ1v) is 7.69. The summed E-state index contributed by atoms with van der Waals surface area (Å²) in [5.74, 6) is -0.408. The normalized spacial score (nSPS) is 10.4. The summed E-state index contributed by atoms with van der Waals surface area (Å²) in [6, 6.07) is 7.24. The van der Waals surface area contributed by atoms with Crippen molar-refractivity contribution in [3.8, 4) is 0 Å². The highest BCUT2D eigenvalue weighted by Gasteiger charge is 2.13. The summed E-state index contributed by atoms with van der Waals surface area (Å²) in [4.78, 5) is 4.48. The van der Waals surface area contributed by atoms with Gasteiger partial charge in [0, 0.05) is 11.8 Å². The number of hydrogen-bond donors (Lipinski definition) is 2.